The van der Waals surface area contributed by atoms with Crippen LogP contribution >= 0.6 is 0 Å². The van der Waals surface area contributed by atoms with Crippen LogP contribution in [-0.2, 0) is 4.79 Å². The molecule has 1 N–H and O–H groups in total. The Morgan fingerprint density at radius 3 is 2.43 bits per heavy atom. The van der Waals surface area contributed by atoms with Gasteiger partial charge in [0.25, 0.3) is 0 Å². The highest BCUT2D eigenvalue weighted by molar-refractivity contribution is 5.82. The zero-order valence-corrected chi connectivity index (χ0v) is 12.7. The van der Waals surface area contributed by atoms with Crippen LogP contribution in [0.15, 0.2) is 63.8 Å². The van der Waals surface area contributed by atoms with Gasteiger partial charge in [-0.1, -0.05) is 36.4 Å². The van der Waals surface area contributed by atoms with E-state index in [1.807, 2.05) is 6.07 Å². The lowest BCUT2D eigenvalue weighted by Crippen LogP contribution is -2.13. The molecule has 0 saturated carbocycles. The van der Waals surface area contributed by atoms with Crippen molar-refractivity contribution in [1.82, 2.24) is 0 Å². The largest absolute Gasteiger partial charge is 0.507 e. The zero-order chi connectivity index (χ0) is 16.4. The number of carbonyl (C=O) groups excluding carboxylic acids is 1. The summed E-state index contributed by atoms with van der Waals surface area (Å²) in [5.74, 6) is 0.668. The first-order valence-electron chi connectivity index (χ1n) is 7.36. The third kappa shape index (κ3) is 3.16. The molecule has 4 heteroatoms. The van der Waals surface area contributed by atoms with Crippen molar-refractivity contribution in [1.29, 1.82) is 0 Å². The fourth-order valence-corrected chi connectivity index (χ4v) is 2.71. The average Bonchev–Trinajstić information content (AvgIpc) is 2.53. The molecular weight excluding hydrogens is 292 g/mol. The predicted molar refractivity (Wildman–Crippen MR) is 87.7 cm³/mol. The molecule has 5 rings (SSSR count). The minimum atomic E-state index is -0.536. The summed E-state index contributed by atoms with van der Waals surface area (Å²) in [5, 5.41) is 9.84. The Morgan fingerprint density at radius 2 is 1.78 bits per heavy atom. The summed E-state index contributed by atoms with van der Waals surface area (Å²) in [5.41, 5.74) is 2.50. The number of para-hydroxylation sites is 1. The topological polar surface area (TPSA) is 67.5 Å². The first kappa shape index (κ1) is 15.0. The van der Waals surface area contributed by atoms with E-state index in [1.165, 1.54) is 11.1 Å². The summed E-state index contributed by atoms with van der Waals surface area (Å²) in [6.07, 6.45) is 0.683. The number of hydrogen-bond acceptors (Lipinski definition) is 4. The smallest absolute Gasteiger partial charge is 0.339 e. The number of hydrogen-bond donors (Lipinski definition) is 1. The third-order valence-electron chi connectivity index (χ3n) is 3.84. The SMILES string of the molecule is CC(=O)CC1c2cccc1c2.O=c1cc(O)c2ccccc2o1. The van der Waals surface area contributed by atoms with Gasteiger partial charge in [-0.15, -0.1) is 0 Å². The van der Waals surface area contributed by atoms with Crippen molar-refractivity contribution in [3.63, 3.8) is 0 Å². The van der Waals surface area contributed by atoms with Gasteiger partial charge in [-0.2, -0.15) is 0 Å². The molecule has 3 aromatic rings. The van der Waals surface area contributed by atoms with Gasteiger partial charge in [0.1, 0.15) is 17.1 Å². The molecule has 0 fully saturated rings. The Labute approximate surface area is 133 Å². The number of benzene rings is 2. The van der Waals surface area contributed by atoms with Gasteiger partial charge in [-0.25, -0.2) is 4.79 Å². The maximum atomic E-state index is 10.8. The minimum Gasteiger partial charge on any atom is -0.507 e. The average molecular weight is 308 g/mol. The molecule has 0 radical (unpaired) electrons. The molecule has 0 unspecified atom stereocenters. The molecule has 0 amide bonds. The fraction of sp³-hybridized carbons (Fsp3) is 0.158. The molecule has 4 nitrogen and oxygen atoms in total. The first-order chi connectivity index (χ1) is 11.0. The van der Waals surface area contributed by atoms with Gasteiger partial charge in [0.15, 0.2) is 0 Å². The van der Waals surface area contributed by atoms with Gasteiger partial charge < -0.3 is 9.52 Å². The van der Waals surface area contributed by atoms with Crippen LogP contribution in [0, 0.1) is 0 Å². The van der Waals surface area contributed by atoms with E-state index in [0.29, 0.717) is 23.3 Å². The summed E-state index contributed by atoms with van der Waals surface area (Å²) in [7, 11) is 0. The van der Waals surface area contributed by atoms with Gasteiger partial charge in [-0.3, -0.25) is 4.79 Å². The molecular formula is C19H16O4. The van der Waals surface area contributed by atoms with Crippen LogP contribution in [0.25, 0.3) is 11.0 Å². The molecule has 0 saturated heterocycles. The van der Waals surface area contributed by atoms with Crippen molar-refractivity contribution >= 4 is 16.8 Å². The van der Waals surface area contributed by atoms with E-state index in [-0.39, 0.29) is 11.5 Å². The van der Waals surface area contributed by atoms with Crippen molar-refractivity contribution in [3.05, 3.63) is 76.1 Å². The van der Waals surface area contributed by atoms with Gasteiger partial charge in [0.05, 0.1) is 11.5 Å². The Kier molecular flexibility index (Phi) is 3.98. The van der Waals surface area contributed by atoms with Crippen LogP contribution in [0.1, 0.15) is 30.4 Å². The number of rotatable bonds is 2. The molecule has 2 aliphatic rings. The monoisotopic (exact) mass is 308 g/mol. The lowest BCUT2D eigenvalue weighted by atomic mass is 9.78. The van der Waals surface area contributed by atoms with Crippen LogP contribution in [-0.4, -0.2) is 10.9 Å². The molecule has 0 aliphatic heterocycles. The molecule has 1 aromatic heterocycles. The van der Waals surface area contributed by atoms with Crippen molar-refractivity contribution in [3.8, 4) is 5.75 Å². The second-order valence-electron chi connectivity index (χ2n) is 5.58. The van der Waals surface area contributed by atoms with Crippen molar-refractivity contribution in [2.45, 2.75) is 19.3 Å². The van der Waals surface area contributed by atoms with Gasteiger partial charge >= 0.3 is 5.63 Å². The van der Waals surface area contributed by atoms with E-state index in [0.717, 1.165) is 6.07 Å². The second kappa shape index (κ2) is 6.08. The van der Waals surface area contributed by atoms with Gasteiger partial charge in [-0.05, 0) is 30.2 Å². The first-order valence-corrected chi connectivity index (χ1v) is 7.36. The summed E-state index contributed by atoms with van der Waals surface area (Å²) in [6, 6.07) is 16.2. The van der Waals surface area contributed by atoms with E-state index >= 15 is 0 Å². The lowest BCUT2D eigenvalue weighted by molar-refractivity contribution is -0.117. The number of carbonyl (C=O) groups is 1. The Morgan fingerprint density at radius 1 is 1.09 bits per heavy atom. The third-order valence-corrected chi connectivity index (χ3v) is 3.84. The lowest BCUT2D eigenvalue weighted by Gasteiger charge is -2.26. The van der Waals surface area contributed by atoms with Crippen LogP contribution in [0.4, 0.5) is 0 Å². The van der Waals surface area contributed by atoms with Crippen molar-refractivity contribution in [2.75, 3.05) is 0 Å². The zero-order valence-electron chi connectivity index (χ0n) is 12.7. The number of ketones is 1. The highest BCUT2D eigenvalue weighted by Gasteiger charge is 2.23. The number of fused-ring (bicyclic) bond motifs is 3. The number of Topliss-reactive ketones (excluding diaryl/α,β-unsaturated/α-hetero) is 1. The van der Waals surface area contributed by atoms with E-state index in [2.05, 4.69) is 18.2 Å². The highest BCUT2D eigenvalue weighted by atomic mass is 16.4. The van der Waals surface area contributed by atoms with E-state index in [4.69, 9.17) is 4.42 Å². The molecule has 116 valence electrons. The van der Waals surface area contributed by atoms with Gasteiger partial charge in [0.2, 0.25) is 0 Å². The van der Waals surface area contributed by atoms with Crippen LogP contribution in [0.5, 0.6) is 5.75 Å². The summed E-state index contributed by atoms with van der Waals surface area (Å²) in [4.78, 5) is 21.6. The van der Waals surface area contributed by atoms with Crippen LogP contribution in [0.2, 0.25) is 0 Å². The van der Waals surface area contributed by atoms with E-state index < -0.39 is 5.63 Å². The fourth-order valence-electron chi connectivity index (χ4n) is 2.71. The Hall–Kier alpha value is -2.88. The quantitative estimate of drug-likeness (QED) is 0.734. The maximum Gasteiger partial charge on any atom is 0.339 e. The predicted octanol–water partition coefficient (Wildman–Crippen LogP) is 3.61. The second-order valence-corrected chi connectivity index (χ2v) is 5.58. The Balaban J connectivity index is 0.000000136. The Bertz CT molecular complexity index is 897. The normalized spacial score (nSPS) is 12.2. The summed E-state index contributed by atoms with van der Waals surface area (Å²) < 4.78 is 4.83. The molecule has 0 spiro atoms. The minimum absolute atomic E-state index is 0.0400. The molecule has 23 heavy (non-hydrogen) atoms. The summed E-state index contributed by atoms with van der Waals surface area (Å²) in [6.45, 7) is 1.65. The van der Waals surface area contributed by atoms with E-state index in [9.17, 15) is 14.7 Å². The van der Waals surface area contributed by atoms with Crippen molar-refractivity contribution in [2.24, 2.45) is 0 Å². The van der Waals surface area contributed by atoms with Crippen LogP contribution in [0.3, 0.4) is 0 Å². The van der Waals surface area contributed by atoms with Gasteiger partial charge in [0, 0.05) is 12.3 Å². The maximum absolute atomic E-state index is 10.8. The molecule has 2 bridgehead atoms. The standard InChI is InChI=1S/C10H10O.C9H6O3/c1-7(11)5-10-8-3-2-4-9(10)6-8;10-7-5-9(11)12-8-4-2-1-3-6(7)8/h2-4,6,10H,5H2,1H3;1-5,10H. The van der Waals surface area contributed by atoms with Crippen molar-refractivity contribution < 1.29 is 14.3 Å². The van der Waals surface area contributed by atoms with E-state index in [1.54, 1.807) is 31.2 Å². The molecule has 2 aromatic carbocycles. The molecule has 0 atom stereocenters. The molecule has 2 aliphatic carbocycles. The summed E-state index contributed by atoms with van der Waals surface area (Å²) >= 11 is 0. The number of aromatic hydroxyl groups is 1. The molecule has 1 heterocycles. The van der Waals surface area contributed by atoms with Crippen LogP contribution < -0.4 is 5.63 Å². The highest BCUT2D eigenvalue weighted by Crippen LogP contribution is 2.37.